The summed E-state index contributed by atoms with van der Waals surface area (Å²) in [4.78, 5) is 0. The average Bonchev–Trinajstić information content (AvgIpc) is 2.50. The predicted octanol–water partition coefficient (Wildman–Crippen LogP) is 3.48. The Labute approximate surface area is 87.6 Å². The topological polar surface area (TPSA) is 39.2 Å². The molecule has 0 radical (unpaired) electrons. The van der Waals surface area contributed by atoms with Gasteiger partial charge in [-0.3, -0.25) is 0 Å². The zero-order chi connectivity index (χ0) is 10.1. The minimum atomic E-state index is -0.0381. The molecule has 0 aliphatic heterocycles. The van der Waals surface area contributed by atoms with Gasteiger partial charge in [-0.1, -0.05) is 20.8 Å². The van der Waals surface area contributed by atoms with Gasteiger partial charge >= 0.3 is 0 Å². The van der Waals surface area contributed by atoms with Gasteiger partial charge < -0.3 is 10.2 Å². The van der Waals surface area contributed by atoms with Gasteiger partial charge in [0.05, 0.1) is 6.04 Å². The molecule has 1 unspecified atom stereocenters. The summed E-state index contributed by atoms with van der Waals surface area (Å²) in [5.41, 5.74) is 6.16. The normalized spacial score (nSPS) is 14.5. The van der Waals surface area contributed by atoms with Crippen molar-refractivity contribution in [2.45, 2.75) is 33.2 Å². The second-order valence-corrected chi connectivity index (χ2v) is 4.74. The van der Waals surface area contributed by atoms with Crippen LogP contribution >= 0.6 is 15.9 Å². The van der Waals surface area contributed by atoms with Crippen LogP contribution in [0.25, 0.3) is 0 Å². The van der Waals surface area contributed by atoms with Crippen molar-refractivity contribution in [1.82, 2.24) is 0 Å². The van der Waals surface area contributed by atoms with Crippen molar-refractivity contribution >= 4 is 15.9 Å². The molecule has 0 saturated carbocycles. The van der Waals surface area contributed by atoms with Crippen LogP contribution in [0, 0.1) is 5.41 Å². The largest absolute Gasteiger partial charge is 0.453 e. The molecule has 0 aromatic carbocycles. The Balaban J connectivity index is 2.84. The number of hydrogen-bond acceptors (Lipinski definition) is 2. The smallest absolute Gasteiger partial charge is 0.169 e. The predicted molar refractivity (Wildman–Crippen MR) is 57.4 cm³/mol. The summed E-state index contributed by atoms with van der Waals surface area (Å²) >= 11 is 3.27. The van der Waals surface area contributed by atoms with Gasteiger partial charge in [-0.2, -0.15) is 0 Å². The maximum Gasteiger partial charge on any atom is 0.169 e. The first-order valence-corrected chi connectivity index (χ1v) is 5.27. The van der Waals surface area contributed by atoms with Crippen molar-refractivity contribution in [2.75, 3.05) is 0 Å². The highest BCUT2D eigenvalue weighted by Crippen LogP contribution is 2.35. The summed E-state index contributed by atoms with van der Waals surface area (Å²) in [6.45, 7) is 6.43. The van der Waals surface area contributed by atoms with Crippen LogP contribution in [0.2, 0.25) is 0 Å². The van der Waals surface area contributed by atoms with Crippen LogP contribution in [0.15, 0.2) is 21.2 Å². The van der Waals surface area contributed by atoms with Gasteiger partial charge in [0.1, 0.15) is 5.76 Å². The molecule has 1 rings (SSSR count). The SMILES string of the molecule is CCC(C)(C)C(N)c1ccc(Br)o1. The fourth-order valence-corrected chi connectivity index (χ4v) is 1.42. The molecular formula is C10H16BrNO. The Morgan fingerprint density at radius 1 is 1.54 bits per heavy atom. The summed E-state index contributed by atoms with van der Waals surface area (Å²) in [6, 6.07) is 3.76. The van der Waals surface area contributed by atoms with Crippen molar-refractivity contribution in [3.05, 3.63) is 22.6 Å². The van der Waals surface area contributed by atoms with E-state index < -0.39 is 0 Å². The lowest BCUT2D eigenvalue weighted by atomic mass is 9.81. The summed E-state index contributed by atoms with van der Waals surface area (Å²) in [5.74, 6) is 0.846. The van der Waals surface area contributed by atoms with Crippen LogP contribution in [0.5, 0.6) is 0 Å². The van der Waals surface area contributed by atoms with Crippen molar-refractivity contribution in [3.63, 3.8) is 0 Å². The highest BCUT2D eigenvalue weighted by atomic mass is 79.9. The van der Waals surface area contributed by atoms with Gasteiger partial charge in [-0.05, 0) is 39.9 Å². The average molecular weight is 246 g/mol. The van der Waals surface area contributed by atoms with E-state index in [-0.39, 0.29) is 11.5 Å². The van der Waals surface area contributed by atoms with Gasteiger partial charge in [0, 0.05) is 0 Å². The molecule has 1 aromatic rings. The molecule has 1 heterocycles. The lowest BCUT2D eigenvalue weighted by Crippen LogP contribution is -2.28. The lowest BCUT2D eigenvalue weighted by molar-refractivity contribution is 0.245. The molecule has 0 fully saturated rings. The Kier molecular flexibility index (Phi) is 3.19. The van der Waals surface area contributed by atoms with Crippen LogP contribution in [-0.4, -0.2) is 0 Å². The fourth-order valence-electron chi connectivity index (χ4n) is 1.10. The summed E-state index contributed by atoms with van der Waals surface area (Å²) in [6.07, 6.45) is 1.03. The monoisotopic (exact) mass is 245 g/mol. The molecule has 0 aliphatic rings. The first kappa shape index (κ1) is 10.8. The van der Waals surface area contributed by atoms with E-state index in [9.17, 15) is 0 Å². The van der Waals surface area contributed by atoms with Crippen molar-refractivity contribution in [1.29, 1.82) is 0 Å². The van der Waals surface area contributed by atoms with E-state index in [2.05, 4.69) is 36.7 Å². The van der Waals surface area contributed by atoms with Crippen LogP contribution < -0.4 is 5.73 Å². The van der Waals surface area contributed by atoms with E-state index in [1.165, 1.54) is 0 Å². The van der Waals surface area contributed by atoms with E-state index in [4.69, 9.17) is 10.2 Å². The third-order valence-electron chi connectivity index (χ3n) is 2.65. The Hall–Kier alpha value is -0.280. The third kappa shape index (κ3) is 2.35. The molecule has 1 aromatic heterocycles. The van der Waals surface area contributed by atoms with Crippen LogP contribution in [0.3, 0.4) is 0 Å². The van der Waals surface area contributed by atoms with E-state index >= 15 is 0 Å². The molecule has 0 saturated heterocycles. The Morgan fingerprint density at radius 3 is 2.54 bits per heavy atom. The zero-order valence-corrected chi connectivity index (χ0v) is 9.89. The summed E-state index contributed by atoms with van der Waals surface area (Å²) < 4.78 is 6.17. The number of nitrogens with two attached hydrogens (primary N) is 1. The third-order valence-corrected chi connectivity index (χ3v) is 3.08. The van der Waals surface area contributed by atoms with Gasteiger partial charge in [-0.25, -0.2) is 0 Å². The highest BCUT2D eigenvalue weighted by Gasteiger charge is 2.27. The molecule has 0 spiro atoms. The molecule has 1 atom stereocenters. The standard InChI is InChI=1S/C10H16BrNO/c1-4-10(2,3)9(12)7-5-6-8(11)13-7/h5-6,9H,4,12H2,1-3H3. The van der Waals surface area contributed by atoms with Gasteiger partial charge in [0.25, 0.3) is 0 Å². The number of furan rings is 1. The molecule has 0 bridgehead atoms. The fraction of sp³-hybridized carbons (Fsp3) is 0.600. The first-order valence-electron chi connectivity index (χ1n) is 4.48. The second kappa shape index (κ2) is 3.84. The lowest BCUT2D eigenvalue weighted by Gasteiger charge is -2.28. The van der Waals surface area contributed by atoms with Crippen LogP contribution in [0.1, 0.15) is 39.0 Å². The molecule has 0 amide bonds. The van der Waals surface area contributed by atoms with Crippen molar-refractivity contribution < 1.29 is 4.42 Å². The van der Waals surface area contributed by atoms with Crippen LogP contribution in [0.4, 0.5) is 0 Å². The molecule has 2 N–H and O–H groups in total. The minimum absolute atomic E-state index is 0.0381. The van der Waals surface area contributed by atoms with E-state index in [1.807, 2.05) is 12.1 Å². The number of hydrogen-bond donors (Lipinski definition) is 1. The highest BCUT2D eigenvalue weighted by molar-refractivity contribution is 9.10. The maximum atomic E-state index is 6.08. The summed E-state index contributed by atoms with van der Waals surface area (Å²) in [7, 11) is 0. The number of rotatable bonds is 3. The molecular weight excluding hydrogens is 230 g/mol. The molecule has 0 aliphatic carbocycles. The molecule has 74 valence electrons. The van der Waals surface area contributed by atoms with E-state index in [0.717, 1.165) is 16.9 Å². The number of halogens is 1. The zero-order valence-electron chi connectivity index (χ0n) is 8.30. The van der Waals surface area contributed by atoms with Gasteiger partial charge in [-0.15, -0.1) is 0 Å². The second-order valence-electron chi connectivity index (χ2n) is 3.96. The molecule has 13 heavy (non-hydrogen) atoms. The molecule has 3 heteroatoms. The van der Waals surface area contributed by atoms with E-state index in [0.29, 0.717) is 0 Å². The van der Waals surface area contributed by atoms with E-state index in [1.54, 1.807) is 0 Å². The van der Waals surface area contributed by atoms with Gasteiger partial charge in [0.2, 0.25) is 0 Å². The van der Waals surface area contributed by atoms with Crippen molar-refractivity contribution in [3.8, 4) is 0 Å². The Morgan fingerprint density at radius 2 is 2.15 bits per heavy atom. The first-order chi connectivity index (χ1) is 5.97. The van der Waals surface area contributed by atoms with Crippen molar-refractivity contribution in [2.24, 2.45) is 11.1 Å². The van der Waals surface area contributed by atoms with Crippen LogP contribution in [-0.2, 0) is 0 Å². The minimum Gasteiger partial charge on any atom is -0.453 e. The Bertz CT molecular complexity index is 280. The van der Waals surface area contributed by atoms with Gasteiger partial charge in [0.15, 0.2) is 4.67 Å². The quantitative estimate of drug-likeness (QED) is 0.886. The summed E-state index contributed by atoms with van der Waals surface area (Å²) in [5, 5.41) is 0. The molecule has 2 nitrogen and oxygen atoms in total. The maximum absolute atomic E-state index is 6.08.